The standard InChI is InChI=1S/C11H14IN3O/c12-7-3-4-9(8(13)6-7)15-5-1-2-10(15)11(14)16/h3-4,6,10H,1-2,5,13H2,(H2,14,16). The third kappa shape index (κ3) is 2.09. The number of benzene rings is 1. The second-order valence-corrected chi connectivity index (χ2v) is 5.20. The smallest absolute Gasteiger partial charge is 0.240 e. The molecule has 1 heterocycles. The number of amides is 1. The Hall–Kier alpha value is -0.980. The molecule has 2 rings (SSSR count). The summed E-state index contributed by atoms with van der Waals surface area (Å²) in [6, 6.07) is 5.65. The first kappa shape index (κ1) is 11.5. The van der Waals surface area contributed by atoms with Crippen molar-refractivity contribution < 1.29 is 4.79 Å². The van der Waals surface area contributed by atoms with Crippen LogP contribution in [0.1, 0.15) is 12.8 Å². The SMILES string of the molecule is NC(=O)C1CCCN1c1ccc(I)cc1N. The highest BCUT2D eigenvalue weighted by molar-refractivity contribution is 14.1. The summed E-state index contributed by atoms with van der Waals surface area (Å²) in [5.41, 5.74) is 13.0. The molecule has 1 aliphatic heterocycles. The first-order valence-electron chi connectivity index (χ1n) is 5.20. The van der Waals surface area contributed by atoms with Crippen molar-refractivity contribution in [3.05, 3.63) is 21.8 Å². The quantitative estimate of drug-likeness (QED) is 0.634. The second-order valence-electron chi connectivity index (χ2n) is 3.96. The molecule has 1 saturated heterocycles. The van der Waals surface area contributed by atoms with Gasteiger partial charge in [0.25, 0.3) is 0 Å². The average molecular weight is 331 g/mol. The normalized spacial score (nSPS) is 20.1. The zero-order chi connectivity index (χ0) is 11.7. The van der Waals surface area contributed by atoms with Gasteiger partial charge in [-0.25, -0.2) is 0 Å². The fraction of sp³-hybridized carbons (Fsp3) is 0.364. The van der Waals surface area contributed by atoms with Crippen molar-refractivity contribution in [1.29, 1.82) is 0 Å². The molecule has 0 aromatic heterocycles. The lowest BCUT2D eigenvalue weighted by Gasteiger charge is -2.25. The molecule has 0 spiro atoms. The van der Waals surface area contributed by atoms with Gasteiger partial charge in [0.15, 0.2) is 0 Å². The maximum Gasteiger partial charge on any atom is 0.240 e. The van der Waals surface area contributed by atoms with Gasteiger partial charge >= 0.3 is 0 Å². The van der Waals surface area contributed by atoms with E-state index in [1.54, 1.807) is 0 Å². The molecular formula is C11H14IN3O. The van der Waals surface area contributed by atoms with Crippen LogP contribution in [0.5, 0.6) is 0 Å². The summed E-state index contributed by atoms with van der Waals surface area (Å²) in [7, 11) is 0. The minimum absolute atomic E-state index is 0.206. The van der Waals surface area contributed by atoms with E-state index in [2.05, 4.69) is 22.6 Å². The van der Waals surface area contributed by atoms with E-state index in [1.165, 1.54) is 0 Å². The summed E-state index contributed by atoms with van der Waals surface area (Å²) < 4.78 is 1.09. The summed E-state index contributed by atoms with van der Waals surface area (Å²) in [6.45, 7) is 0.846. The summed E-state index contributed by atoms with van der Waals surface area (Å²) >= 11 is 2.21. The largest absolute Gasteiger partial charge is 0.397 e. The zero-order valence-electron chi connectivity index (χ0n) is 8.82. The molecule has 1 aromatic carbocycles. The van der Waals surface area contributed by atoms with E-state index in [4.69, 9.17) is 11.5 Å². The van der Waals surface area contributed by atoms with E-state index in [9.17, 15) is 4.79 Å². The molecule has 1 amide bonds. The highest BCUT2D eigenvalue weighted by Gasteiger charge is 2.29. The fourth-order valence-electron chi connectivity index (χ4n) is 2.14. The third-order valence-corrected chi connectivity index (χ3v) is 3.55. The predicted octanol–water partition coefficient (Wildman–Crippen LogP) is 1.33. The monoisotopic (exact) mass is 331 g/mol. The molecule has 0 radical (unpaired) electrons. The number of primary amides is 1. The molecule has 0 aliphatic carbocycles. The Labute approximate surface area is 108 Å². The van der Waals surface area contributed by atoms with Crippen LogP contribution in [-0.2, 0) is 4.79 Å². The third-order valence-electron chi connectivity index (χ3n) is 2.88. The molecule has 86 valence electrons. The van der Waals surface area contributed by atoms with E-state index in [0.29, 0.717) is 5.69 Å². The molecule has 1 fully saturated rings. The van der Waals surface area contributed by atoms with Crippen LogP contribution in [0, 0.1) is 3.57 Å². The molecule has 4 nitrogen and oxygen atoms in total. The van der Waals surface area contributed by atoms with E-state index in [0.717, 1.165) is 28.6 Å². The van der Waals surface area contributed by atoms with Crippen LogP contribution in [0.4, 0.5) is 11.4 Å². The predicted molar refractivity (Wildman–Crippen MR) is 73.1 cm³/mol. The van der Waals surface area contributed by atoms with Crippen LogP contribution >= 0.6 is 22.6 Å². The Morgan fingerprint density at radius 2 is 2.25 bits per heavy atom. The fourth-order valence-corrected chi connectivity index (χ4v) is 2.65. The number of carbonyl (C=O) groups excluding carboxylic acids is 1. The van der Waals surface area contributed by atoms with Crippen LogP contribution < -0.4 is 16.4 Å². The van der Waals surface area contributed by atoms with Crippen molar-refractivity contribution in [3.8, 4) is 0 Å². The van der Waals surface area contributed by atoms with Gasteiger partial charge in [0.2, 0.25) is 5.91 Å². The highest BCUT2D eigenvalue weighted by atomic mass is 127. The molecule has 1 aromatic rings. The van der Waals surface area contributed by atoms with E-state index >= 15 is 0 Å². The minimum atomic E-state index is -0.268. The van der Waals surface area contributed by atoms with Crippen LogP contribution in [-0.4, -0.2) is 18.5 Å². The number of hydrogen-bond acceptors (Lipinski definition) is 3. The topological polar surface area (TPSA) is 72.4 Å². The number of rotatable bonds is 2. The van der Waals surface area contributed by atoms with Crippen molar-refractivity contribution in [2.45, 2.75) is 18.9 Å². The maximum absolute atomic E-state index is 11.3. The number of hydrogen-bond donors (Lipinski definition) is 2. The molecule has 1 atom stereocenters. The number of anilines is 2. The summed E-state index contributed by atoms with van der Waals surface area (Å²) in [4.78, 5) is 13.3. The maximum atomic E-state index is 11.3. The Bertz CT molecular complexity index is 422. The number of carbonyl (C=O) groups is 1. The van der Waals surface area contributed by atoms with Crippen molar-refractivity contribution in [1.82, 2.24) is 0 Å². The molecule has 16 heavy (non-hydrogen) atoms. The Morgan fingerprint density at radius 1 is 1.50 bits per heavy atom. The van der Waals surface area contributed by atoms with Crippen molar-refractivity contribution in [3.63, 3.8) is 0 Å². The van der Waals surface area contributed by atoms with Crippen molar-refractivity contribution in [2.75, 3.05) is 17.2 Å². The van der Waals surface area contributed by atoms with Crippen LogP contribution in [0.25, 0.3) is 0 Å². The van der Waals surface area contributed by atoms with Gasteiger partial charge in [0.05, 0.1) is 11.4 Å². The lowest BCUT2D eigenvalue weighted by molar-refractivity contribution is -0.119. The van der Waals surface area contributed by atoms with Gasteiger partial charge in [-0.05, 0) is 53.6 Å². The van der Waals surface area contributed by atoms with E-state index in [1.807, 2.05) is 23.1 Å². The van der Waals surface area contributed by atoms with Crippen molar-refractivity contribution >= 4 is 39.9 Å². The average Bonchev–Trinajstić information content (AvgIpc) is 2.66. The van der Waals surface area contributed by atoms with Gasteiger partial charge in [-0.1, -0.05) is 0 Å². The van der Waals surface area contributed by atoms with Gasteiger partial charge in [0, 0.05) is 10.1 Å². The number of halogens is 1. The summed E-state index contributed by atoms with van der Waals surface area (Å²) in [5, 5.41) is 0. The van der Waals surface area contributed by atoms with Crippen LogP contribution in [0.15, 0.2) is 18.2 Å². The first-order chi connectivity index (χ1) is 7.59. The Kier molecular flexibility index (Phi) is 3.22. The minimum Gasteiger partial charge on any atom is -0.397 e. The molecule has 0 saturated carbocycles. The molecule has 4 N–H and O–H groups in total. The van der Waals surface area contributed by atoms with Gasteiger partial charge in [-0.15, -0.1) is 0 Å². The summed E-state index contributed by atoms with van der Waals surface area (Å²) in [6.07, 6.45) is 1.81. The van der Waals surface area contributed by atoms with Crippen LogP contribution in [0.3, 0.4) is 0 Å². The second kappa shape index (κ2) is 4.48. The van der Waals surface area contributed by atoms with Gasteiger partial charge in [0.1, 0.15) is 6.04 Å². The van der Waals surface area contributed by atoms with Crippen LogP contribution in [0.2, 0.25) is 0 Å². The first-order valence-corrected chi connectivity index (χ1v) is 6.28. The van der Waals surface area contributed by atoms with Gasteiger partial charge in [-0.3, -0.25) is 4.79 Å². The Morgan fingerprint density at radius 3 is 2.88 bits per heavy atom. The molecule has 1 unspecified atom stereocenters. The molecule has 5 heteroatoms. The molecular weight excluding hydrogens is 317 g/mol. The Balaban J connectivity index is 2.32. The van der Waals surface area contributed by atoms with Gasteiger partial charge in [-0.2, -0.15) is 0 Å². The van der Waals surface area contributed by atoms with E-state index in [-0.39, 0.29) is 11.9 Å². The number of nitrogens with two attached hydrogens (primary N) is 2. The molecule has 1 aliphatic rings. The summed E-state index contributed by atoms with van der Waals surface area (Å²) in [5.74, 6) is -0.268. The lowest BCUT2D eigenvalue weighted by atomic mass is 10.2. The number of nitrogens with zero attached hydrogens (tertiary/aromatic N) is 1. The molecule has 0 bridgehead atoms. The van der Waals surface area contributed by atoms with Crippen molar-refractivity contribution in [2.24, 2.45) is 5.73 Å². The van der Waals surface area contributed by atoms with Gasteiger partial charge < -0.3 is 16.4 Å². The van der Waals surface area contributed by atoms with E-state index < -0.39 is 0 Å². The highest BCUT2D eigenvalue weighted by Crippen LogP contribution is 2.31. The lowest BCUT2D eigenvalue weighted by Crippen LogP contribution is -2.40. The number of nitrogen functional groups attached to an aromatic ring is 1. The zero-order valence-corrected chi connectivity index (χ0v) is 11.0.